The lowest BCUT2D eigenvalue weighted by Crippen LogP contribution is -2.38. The predicted molar refractivity (Wildman–Crippen MR) is 62.7 cm³/mol. The summed E-state index contributed by atoms with van der Waals surface area (Å²) in [5.74, 6) is 1.58. The number of likely N-dealkylation sites (tertiary alicyclic amines) is 1. The molecule has 3 nitrogen and oxygen atoms in total. The molecule has 15 heavy (non-hydrogen) atoms. The number of hydrogen-bond donors (Lipinski definition) is 1. The first-order valence-corrected chi connectivity index (χ1v) is 6.09. The average Bonchev–Trinajstić information content (AvgIpc) is 2.70. The Morgan fingerprint density at radius 3 is 2.40 bits per heavy atom. The van der Waals surface area contributed by atoms with Crippen LogP contribution in [0.5, 0.6) is 0 Å². The van der Waals surface area contributed by atoms with Gasteiger partial charge in [-0.15, -0.1) is 0 Å². The molecule has 0 spiro atoms. The van der Waals surface area contributed by atoms with Gasteiger partial charge >= 0.3 is 0 Å². The maximum Gasteiger partial charge on any atom is 0.236 e. The summed E-state index contributed by atoms with van der Waals surface area (Å²) in [6, 6.07) is 0. The number of hydrogen-bond acceptors (Lipinski definition) is 2. The van der Waals surface area contributed by atoms with Gasteiger partial charge in [-0.2, -0.15) is 0 Å². The molecule has 0 bridgehead atoms. The Labute approximate surface area is 93.2 Å². The van der Waals surface area contributed by atoms with E-state index in [4.69, 9.17) is 0 Å². The topological polar surface area (TPSA) is 32.3 Å². The lowest BCUT2D eigenvalue weighted by molar-refractivity contribution is -0.129. The van der Waals surface area contributed by atoms with Gasteiger partial charge in [-0.1, -0.05) is 20.8 Å². The van der Waals surface area contributed by atoms with Crippen molar-refractivity contribution in [3.8, 4) is 0 Å². The summed E-state index contributed by atoms with van der Waals surface area (Å²) in [5.41, 5.74) is 0. The molecule has 0 aromatic rings. The minimum absolute atomic E-state index is 0.267. The van der Waals surface area contributed by atoms with Crippen LogP contribution >= 0.6 is 0 Å². The van der Waals surface area contributed by atoms with Crippen molar-refractivity contribution < 1.29 is 4.79 Å². The van der Waals surface area contributed by atoms with Crippen LogP contribution in [0.1, 0.15) is 33.6 Å². The molecule has 1 heterocycles. The molecule has 1 saturated heterocycles. The van der Waals surface area contributed by atoms with E-state index in [0.29, 0.717) is 18.4 Å². The molecule has 0 saturated carbocycles. The Morgan fingerprint density at radius 2 is 1.87 bits per heavy atom. The number of amides is 1. The second-order valence-corrected chi connectivity index (χ2v) is 4.94. The standard InChI is InChI=1S/C12H24N2O/c1-10(2)11(3)8-13-9-12(15)14-6-4-5-7-14/h10-11,13H,4-9H2,1-3H3. The van der Waals surface area contributed by atoms with E-state index < -0.39 is 0 Å². The van der Waals surface area contributed by atoms with Crippen molar-refractivity contribution in [1.82, 2.24) is 10.2 Å². The second-order valence-electron chi connectivity index (χ2n) is 4.94. The summed E-state index contributed by atoms with van der Waals surface area (Å²) in [5, 5.41) is 3.25. The number of nitrogens with one attached hydrogen (secondary N) is 1. The zero-order valence-electron chi connectivity index (χ0n) is 10.3. The van der Waals surface area contributed by atoms with Crippen molar-refractivity contribution in [3.05, 3.63) is 0 Å². The molecular formula is C12H24N2O. The number of nitrogens with zero attached hydrogens (tertiary/aromatic N) is 1. The molecule has 1 amide bonds. The van der Waals surface area contributed by atoms with Crippen molar-refractivity contribution >= 4 is 5.91 Å². The molecule has 1 aliphatic rings. The third-order valence-corrected chi connectivity index (χ3v) is 3.34. The summed E-state index contributed by atoms with van der Waals surface area (Å²) >= 11 is 0. The van der Waals surface area contributed by atoms with Crippen molar-refractivity contribution in [2.24, 2.45) is 11.8 Å². The van der Waals surface area contributed by atoms with Gasteiger partial charge in [-0.05, 0) is 31.2 Å². The van der Waals surface area contributed by atoms with Gasteiger partial charge in [-0.25, -0.2) is 0 Å². The van der Waals surface area contributed by atoms with Gasteiger partial charge < -0.3 is 10.2 Å². The minimum Gasteiger partial charge on any atom is -0.342 e. The van der Waals surface area contributed by atoms with Gasteiger partial charge in [0.25, 0.3) is 0 Å². The van der Waals surface area contributed by atoms with Crippen LogP contribution < -0.4 is 5.32 Å². The van der Waals surface area contributed by atoms with Crippen LogP contribution in [0.2, 0.25) is 0 Å². The van der Waals surface area contributed by atoms with Gasteiger partial charge in [0.05, 0.1) is 6.54 Å². The highest BCUT2D eigenvalue weighted by atomic mass is 16.2. The lowest BCUT2D eigenvalue weighted by atomic mass is 9.98. The Balaban J connectivity index is 2.11. The van der Waals surface area contributed by atoms with Gasteiger partial charge in [0, 0.05) is 13.1 Å². The maximum absolute atomic E-state index is 11.7. The van der Waals surface area contributed by atoms with Crippen molar-refractivity contribution in [1.29, 1.82) is 0 Å². The van der Waals surface area contributed by atoms with E-state index >= 15 is 0 Å². The fourth-order valence-corrected chi connectivity index (χ4v) is 1.72. The molecule has 0 aliphatic carbocycles. The first kappa shape index (κ1) is 12.5. The van der Waals surface area contributed by atoms with Crippen LogP contribution in [0, 0.1) is 11.8 Å². The molecule has 1 atom stereocenters. The van der Waals surface area contributed by atoms with E-state index in [1.165, 1.54) is 12.8 Å². The largest absolute Gasteiger partial charge is 0.342 e. The summed E-state index contributed by atoms with van der Waals surface area (Å²) in [7, 11) is 0. The normalized spacial score (nSPS) is 18.5. The Bertz CT molecular complexity index is 198. The average molecular weight is 212 g/mol. The first-order valence-electron chi connectivity index (χ1n) is 6.09. The zero-order chi connectivity index (χ0) is 11.3. The highest BCUT2D eigenvalue weighted by Crippen LogP contribution is 2.08. The SMILES string of the molecule is CC(C)C(C)CNCC(=O)N1CCCC1. The molecule has 1 N–H and O–H groups in total. The molecule has 88 valence electrons. The van der Waals surface area contributed by atoms with Crippen molar-refractivity contribution in [2.75, 3.05) is 26.2 Å². The van der Waals surface area contributed by atoms with Crippen molar-refractivity contribution in [3.63, 3.8) is 0 Å². The van der Waals surface area contributed by atoms with E-state index in [-0.39, 0.29) is 5.91 Å². The van der Waals surface area contributed by atoms with Crippen molar-refractivity contribution in [2.45, 2.75) is 33.6 Å². The molecule has 1 aliphatic heterocycles. The molecule has 3 heteroatoms. The van der Waals surface area contributed by atoms with Crippen LogP contribution in [0.15, 0.2) is 0 Å². The minimum atomic E-state index is 0.267. The van der Waals surface area contributed by atoms with Crippen LogP contribution in [-0.2, 0) is 4.79 Å². The van der Waals surface area contributed by atoms with Crippen LogP contribution in [0.25, 0.3) is 0 Å². The quantitative estimate of drug-likeness (QED) is 0.749. The van der Waals surface area contributed by atoms with Gasteiger partial charge in [0.1, 0.15) is 0 Å². The summed E-state index contributed by atoms with van der Waals surface area (Å²) < 4.78 is 0. The third-order valence-electron chi connectivity index (χ3n) is 3.34. The Morgan fingerprint density at radius 1 is 1.27 bits per heavy atom. The van der Waals surface area contributed by atoms with E-state index in [1.54, 1.807) is 0 Å². The molecule has 1 rings (SSSR count). The van der Waals surface area contributed by atoms with Gasteiger partial charge in [0.15, 0.2) is 0 Å². The lowest BCUT2D eigenvalue weighted by Gasteiger charge is -2.18. The summed E-state index contributed by atoms with van der Waals surface area (Å²) in [4.78, 5) is 13.6. The van der Waals surface area contributed by atoms with E-state index in [1.807, 2.05) is 4.90 Å². The number of carbonyl (C=O) groups is 1. The Hall–Kier alpha value is -0.570. The zero-order valence-corrected chi connectivity index (χ0v) is 10.3. The fourth-order valence-electron chi connectivity index (χ4n) is 1.72. The smallest absolute Gasteiger partial charge is 0.236 e. The highest BCUT2D eigenvalue weighted by molar-refractivity contribution is 5.78. The van der Waals surface area contributed by atoms with Gasteiger partial charge in [0.2, 0.25) is 5.91 Å². The number of rotatable bonds is 5. The maximum atomic E-state index is 11.7. The van der Waals surface area contributed by atoms with Gasteiger partial charge in [-0.3, -0.25) is 4.79 Å². The Kier molecular flexibility index (Phi) is 5.09. The molecule has 0 aromatic heterocycles. The predicted octanol–water partition coefficient (Wildman–Crippen LogP) is 1.49. The van der Waals surface area contributed by atoms with E-state index in [9.17, 15) is 4.79 Å². The van der Waals surface area contributed by atoms with E-state index in [0.717, 1.165) is 19.6 Å². The second kappa shape index (κ2) is 6.11. The fraction of sp³-hybridized carbons (Fsp3) is 0.917. The summed E-state index contributed by atoms with van der Waals surface area (Å²) in [6.45, 7) is 10.0. The molecule has 1 unspecified atom stereocenters. The number of carbonyl (C=O) groups excluding carboxylic acids is 1. The van der Waals surface area contributed by atoms with E-state index in [2.05, 4.69) is 26.1 Å². The van der Waals surface area contributed by atoms with Crippen LogP contribution in [0.3, 0.4) is 0 Å². The molecular weight excluding hydrogens is 188 g/mol. The van der Waals surface area contributed by atoms with Crippen LogP contribution in [-0.4, -0.2) is 37.0 Å². The molecule has 1 fully saturated rings. The third kappa shape index (κ3) is 4.20. The molecule has 0 aromatic carbocycles. The van der Waals surface area contributed by atoms with Crippen LogP contribution in [0.4, 0.5) is 0 Å². The molecule has 0 radical (unpaired) electrons. The summed E-state index contributed by atoms with van der Waals surface area (Å²) in [6.07, 6.45) is 2.35. The highest BCUT2D eigenvalue weighted by Gasteiger charge is 2.17. The first-order chi connectivity index (χ1) is 7.11. The monoisotopic (exact) mass is 212 g/mol.